The monoisotopic (exact) mass is 388 g/mol. The van der Waals surface area contributed by atoms with Crippen LogP contribution in [-0.4, -0.2) is 62.9 Å². The molecule has 27 heavy (non-hydrogen) atoms. The number of aryl methyl sites for hydroxylation is 1. The molecule has 2 saturated heterocycles. The quantitative estimate of drug-likeness (QED) is 0.777. The van der Waals surface area contributed by atoms with Crippen molar-refractivity contribution in [3.05, 3.63) is 34.4 Å². The normalized spacial score (nSPS) is 24.2. The number of rotatable bonds is 2. The molecule has 2 fully saturated rings. The minimum Gasteiger partial charge on any atom is -0.378 e. The zero-order valence-corrected chi connectivity index (χ0v) is 15.9. The van der Waals surface area contributed by atoms with Crippen molar-refractivity contribution in [2.45, 2.75) is 31.3 Å². The number of fused-ring (bicyclic) bond motifs is 4. The number of morpholine rings is 1. The third kappa shape index (κ3) is 2.78. The van der Waals surface area contributed by atoms with E-state index in [2.05, 4.69) is 15.0 Å². The lowest BCUT2D eigenvalue weighted by atomic mass is 9.99. The molecule has 3 aliphatic rings. The molecule has 8 nitrogen and oxygen atoms in total. The zero-order chi connectivity index (χ0) is 18.5. The molecule has 2 atom stereocenters. The summed E-state index contributed by atoms with van der Waals surface area (Å²) in [6.45, 7) is 3.04. The van der Waals surface area contributed by atoms with E-state index in [9.17, 15) is 4.79 Å². The molecule has 2 aromatic rings. The van der Waals surface area contributed by atoms with Gasteiger partial charge in [0.15, 0.2) is 5.69 Å². The van der Waals surface area contributed by atoms with E-state index >= 15 is 0 Å². The van der Waals surface area contributed by atoms with Crippen molar-refractivity contribution in [1.29, 1.82) is 0 Å². The molecule has 5 rings (SSSR count). The molecule has 1 amide bonds. The highest BCUT2D eigenvalue weighted by atomic mass is 35.5. The number of carbonyl (C=O) groups is 1. The van der Waals surface area contributed by atoms with Crippen molar-refractivity contribution in [1.82, 2.24) is 24.6 Å². The molecule has 0 aromatic carbocycles. The Hall–Kier alpha value is -2.19. The van der Waals surface area contributed by atoms with Gasteiger partial charge in [-0.25, -0.2) is 9.97 Å². The van der Waals surface area contributed by atoms with Gasteiger partial charge in [0.2, 0.25) is 5.95 Å². The predicted molar refractivity (Wildman–Crippen MR) is 98.9 cm³/mol. The highest BCUT2D eigenvalue weighted by Crippen LogP contribution is 2.44. The zero-order valence-electron chi connectivity index (χ0n) is 15.1. The smallest absolute Gasteiger partial charge is 0.276 e. The number of halogens is 1. The Morgan fingerprint density at radius 2 is 2.11 bits per heavy atom. The topological polar surface area (TPSA) is 76.4 Å². The van der Waals surface area contributed by atoms with Crippen LogP contribution in [0.15, 0.2) is 12.4 Å². The first-order valence-corrected chi connectivity index (χ1v) is 9.70. The second kappa shape index (κ2) is 6.45. The van der Waals surface area contributed by atoms with Crippen molar-refractivity contribution in [3.8, 4) is 0 Å². The highest BCUT2D eigenvalue weighted by Gasteiger charge is 2.44. The largest absolute Gasteiger partial charge is 0.378 e. The van der Waals surface area contributed by atoms with E-state index < -0.39 is 0 Å². The van der Waals surface area contributed by atoms with Crippen LogP contribution in [0.5, 0.6) is 0 Å². The first-order valence-electron chi connectivity index (χ1n) is 9.32. The minimum absolute atomic E-state index is 0.00284. The van der Waals surface area contributed by atoms with Gasteiger partial charge < -0.3 is 14.5 Å². The number of hydrogen-bond donors (Lipinski definition) is 0. The molecule has 0 saturated carbocycles. The first-order chi connectivity index (χ1) is 13.1. The van der Waals surface area contributed by atoms with E-state index in [1.165, 1.54) is 0 Å². The third-order valence-electron chi connectivity index (χ3n) is 5.69. The molecule has 2 bridgehead atoms. The summed E-state index contributed by atoms with van der Waals surface area (Å²) in [4.78, 5) is 26.7. The number of amides is 1. The Morgan fingerprint density at radius 1 is 1.30 bits per heavy atom. The van der Waals surface area contributed by atoms with Crippen LogP contribution in [0.2, 0.25) is 5.02 Å². The summed E-state index contributed by atoms with van der Waals surface area (Å²) in [6, 6.07) is 0.142. The van der Waals surface area contributed by atoms with Gasteiger partial charge in [-0.2, -0.15) is 5.10 Å². The fourth-order valence-corrected chi connectivity index (χ4v) is 4.68. The van der Waals surface area contributed by atoms with Crippen LogP contribution < -0.4 is 4.90 Å². The fraction of sp³-hybridized carbons (Fsp3) is 0.556. The maximum atomic E-state index is 13.1. The molecule has 3 aliphatic heterocycles. The van der Waals surface area contributed by atoms with Crippen molar-refractivity contribution in [2.24, 2.45) is 7.05 Å². The van der Waals surface area contributed by atoms with Crippen LogP contribution >= 0.6 is 11.6 Å². The van der Waals surface area contributed by atoms with Gasteiger partial charge in [0.25, 0.3) is 5.91 Å². The lowest BCUT2D eigenvalue weighted by molar-refractivity contribution is 0.0637. The SMILES string of the molecule is Cn1cc(Cl)c(C(=O)N2[C@@H]3CC[C@@H]2c2cnc(N4CCOCC4)nc2C3)n1. The standard InChI is InChI=1S/C18H21ClN6O2/c1-23-10-13(19)16(22-23)17(26)25-11-2-3-15(25)12-9-20-18(21-14(12)8-11)24-4-6-27-7-5-24/h9-11,15H,2-8H2,1H3/t11-,15-/m1/s1. The molecular formula is C18H21ClN6O2. The molecule has 0 N–H and O–H groups in total. The summed E-state index contributed by atoms with van der Waals surface area (Å²) < 4.78 is 6.99. The van der Waals surface area contributed by atoms with E-state index in [1.807, 2.05) is 11.1 Å². The van der Waals surface area contributed by atoms with Gasteiger partial charge in [-0.15, -0.1) is 0 Å². The fourth-order valence-electron chi connectivity index (χ4n) is 4.42. The second-order valence-corrected chi connectivity index (χ2v) is 7.74. The maximum Gasteiger partial charge on any atom is 0.276 e. The number of hydrogen-bond acceptors (Lipinski definition) is 6. The number of ether oxygens (including phenoxy) is 1. The summed E-state index contributed by atoms with van der Waals surface area (Å²) >= 11 is 6.21. The molecule has 142 valence electrons. The van der Waals surface area contributed by atoms with Crippen LogP contribution in [-0.2, 0) is 18.2 Å². The van der Waals surface area contributed by atoms with Crippen LogP contribution in [0.4, 0.5) is 5.95 Å². The van der Waals surface area contributed by atoms with Gasteiger partial charge in [0.1, 0.15) is 0 Å². The Balaban J connectivity index is 1.45. The van der Waals surface area contributed by atoms with E-state index in [-0.39, 0.29) is 18.0 Å². The molecule has 0 unspecified atom stereocenters. The second-order valence-electron chi connectivity index (χ2n) is 7.33. The molecule has 0 spiro atoms. The van der Waals surface area contributed by atoms with Gasteiger partial charge in [0, 0.05) is 50.6 Å². The number of nitrogens with zero attached hydrogens (tertiary/aromatic N) is 6. The Bertz CT molecular complexity index is 894. The Morgan fingerprint density at radius 3 is 2.85 bits per heavy atom. The summed E-state index contributed by atoms with van der Waals surface area (Å²) in [7, 11) is 1.77. The molecule has 9 heteroatoms. The van der Waals surface area contributed by atoms with Crippen LogP contribution in [0.1, 0.15) is 40.6 Å². The lowest BCUT2D eigenvalue weighted by Gasteiger charge is -2.36. The summed E-state index contributed by atoms with van der Waals surface area (Å²) in [6.07, 6.45) is 6.20. The summed E-state index contributed by atoms with van der Waals surface area (Å²) in [5.74, 6) is 0.667. The molecule has 0 aliphatic carbocycles. The number of anilines is 1. The van der Waals surface area contributed by atoms with Crippen LogP contribution in [0.25, 0.3) is 0 Å². The van der Waals surface area contributed by atoms with Gasteiger partial charge in [-0.1, -0.05) is 11.6 Å². The predicted octanol–water partition coefficient (Wildman–Crippen LogP) is 1.60. The summed E-state index contributed by atoms with van der Waals surface area (Å²) in [5, 5.41) is 4.65. The number of carbonyl (C=O) groups excluding carboxylic acids is 1. The average Bonchev–Trinajstić information content (AvgIpc) is 3.19. The Labute approximate surface area is 162 Å². The Kier molecular flexibility index (Phi) is 4.05. The molecule has 0 radical (unpaired) electrons. The van der Waals surface area contributed by atoms with Gasteiger partial charge in [0.05, 0.1) is 30.0 Å². The van der Waals surface area contributed by atoms with Crippen molar-refractivity contribution in [3.63, 3.8) is 0 Å². The molecule has 5 heterocycles. The molecule has 2 aromatic heterocycles. The van der Waals surface area contributed by atoms with E-state index in [1.54, 1.807) is 17.9 Å². The average molecular weight is 389 g/mol. The van der Waals surface area contributed by atoms with Gasteiger partial charge >= 0.3 is 0 Å². The minimum atomic E-state index is -0.101. The third-order valence-corrected chi connectivity index (χ3v) is 5.97. The highest BCUT2D eigenvalue weighted by molar-refractivity contribution is 6.33. The van der Waals surface area contributed by atoms with Crippen molar-refractivity contribution in [2.75, 3.05) is 31.2 Å². The number of aromatic nitrogens is 4. The maximum absolute atomic E-state index is 13.1. The first kappa shape index (κ1) is 16.9. The van der Waals surface area contributed by atoms with Crippen LogP contribution in [0.3, 0.4) is 0 Å². The van der Waals surface area contributed by atoms with E-state index in [0.717, 1.165) is 49.6 Å². The van der Waals surface area contributed by atoms with Gasteiger partial charge in [-0.05, 0) is 12.8 Å². The van der Waals surface area contributed by atoms with Crippen molar-refractivity contribution >= 4 is 23.5 Å². The van der Waals surface area contributed by atoms with Crippen molar-refractivity contribution < 1.29 is 9.53 Å². The molecular weight excluding hydrogens is 368 g/mol. The van der Waals surface area contributed by atoms with E-state index in [4.69, 9.17) is 21.3 Å². The van der Waals surface area contributed by atoms with Crippen LogP contribution in [0, 0.1) is 0 Å². The van der Waals surface area contributed by atoms with Gasteiger partial charge in [-0.3, -0.25) is 9.48 Å². The van der Waals surface area contributed by atoms with E-state index in [0.29, 0.717) is 23.9 Å². The lowest BCUT2D eigenvalue weighted by Crippen LogP contribution is -2.43. The summed E-state index contributed by atoms with van der Waals surface area (Å²) in [5.41, 5.74) is 2.45.